The quantitative estimate of drug-likeness (QED) is 0.238. The van der Waals surface area contributed by atoms with Crippen molar-refractivity contribution in [3.8, 4) is 22.9 Å². The zero-order valence-electron chi connectivity index (χ0n) is 21.3. The molecule has 4 rings (SSSR count). The summed E-state index contributed by atoms with van der Waals surface area (Å²) in [5, 5.41) is 35.0. The van der Waals surface area contributed by atoms with Gasteiger partial charge in [-0.3, -0.25) is 0 Å². The summed E-state index contributed by atoms with van der Waals surface area (Å²) < 4.78 is 5.84. The average Bonchev–Trinajstić information content (AvgIpc) is 2.90. The molecule has 0 fully saturated rings. The number of ether oxygens (including phenoxy) is 1. The largest absolute Gasteiger partial charge is 0.489 e. The van der Waals surface area contributed by atoms with Gasteiger partial charge in [0.25, 0.3) is 0 Å². The van der Waals surface area contributed by atoms with E-state index in [0.29, 0.717) is 17.9 Å². The van der Waals surface area contributed by atoms with Crippen LogP contribution in [-0.2, 0) is 6.42 Å². The molecule has 0 aliphatic carbocycles. The average molecular weight is 531 g/mol. The number of benzene rings is 4. The van der Waals surface area contributed by atoms with Crippen LogP contribution in [0.15, 0.2) is 84.9 Å². The summed E-state index contributed by atoms with van der Waals surface area (Å²) in [4.78, 5) is 11.1. The van der Waals surface area contributed by atoms with Crippen LogP contribution in [-0.4, -0.2) is 41.0 Å². The lowest BCUT2D eigenvalue weighted by atomic mass is 9.93. The normalized spacial score (nSPS) is 11.8. The van der Waals surface area contributed by atoms with Crippen molar-refractivity contribution in [3.05, 3.63) is 102 Å². The van der Waals surface area contributed by atoms with E-state index in [1.807, 2.05) is 12.1 Å². The number of aromatic carboxylic acids is 1. The highest BCUT2D eigenvalue weighted by molar-refractivity contribution is 5.88. The Morgan fingerprint density at radius 3 is 2.34 bits per heavy atom. The Labute approximate surface area is 228 Å². The number of hydrogen-bond acceptors (Lipinski definition) is 5. The Hall–Kier alpha value is -3.89. The summed E-state index contributed by atoms with van der Waals surface area (Å²) in [6.07, 6.45) is 0.0214. The van der Waals surface area contributed by atoms with Crippen LogP contribution in [0.1, 0.15) is 35.3 Å². The number of β-amino-alcohol motifs (C(OH)–C–C–N with tert-alkyl or cyclic N) is 1. The first kappa shape index (κ1) is 28.7. The van der Waals surface area contributed by atoms with Crippen molar-refractivity contribution in [2.45, 2.75) is 31.9 Å². The summed E-state index contributed by atoms with van der Waals surface area (Å²) in [6.45, 7) is 4.55. The molecular formula is C31H31ClN2O4. The maximum Gasteiger partial charge on any atom is 0.335 e. The number of rotatable bonds is 10. The molecule has 0 heterocycles. The molecule has 0 saturated heterocycles. The number of nitrogens with one attached hydrogen (secondary N) is 1. The molecule has 0 saturated carbocycles. The number of aliphatic hydroxyl groups excluding tert-OH is 1. The first-order valence-corrected chi connectivity index (χ1v) is 12.2. The summed E-state index contributed by atoms with van der Waals surface area (Å²) >= 11 is 0. The van der Waals surface area contributed by atoms with Crippen molar-refractivity contribution in [1.29, 1.82) is 5.26 Å². The number of carboxylic acid groups (broad SMARTS) is 1. The lowest BCUT2D eigenvalue weighted by Crippen LogP contribution is -2.46. The van der Waals surface area contributed by atoms with E-state index < -0.39 is 12.1 Å². The van der Waals surface area contributed by atoms with Gasteiger partial charge >= 0.3 is 5.97 Å². The van der Waals surface area contributed by atoms with Gasteiger partial charge in [0.1, 0.15) is 24.5 Å². The summed E-state index contributed by atoms with van der Waals surface area (Å²) in [7, 11) is 0. The zero-order chi connectivity index (χ0) is 26.4. The fraction of sp³-hybridized carbons (Fsp3) is 0.226. The molecule has 0 spiro atoms. The summed E-state index contributed by atoms with van der Waals surface area (Å²) in [6, 6.07) is 28.5. The number of nitriles is 1. The third-order valence-corrected chi connectivity index (χ3v) is 6.27. The van der Waals surface area contributed by atoms with Gasteiger partial charge in [-0.05, 0) is 72.0 Å². The Balaban J connectivity index is 0.00000400. The van der Waals surface area contributed by atoms with E-state index in [2.05, 4.69) is 55.6 Å². The number of carboxylic acids is 1. The second kappa shape index (κ2) is 12.6. The predicted molar refractivity (Wildman–Crippen MR) is 152 cm³/mol. The van der Waals surface area contributed by atoms with E-state index in [-0.39, 0.29) is 30.1 Å². The number of nitrogens with zero attached hydrogens (tertiary/aromatic N) is 1. The van der Waals surface area contributed by atoms with Crippen molar-refractivity contribution >= 4 is 29.1 Å². The minimum Gasteiger partial charge on any atom is -0.489 e. The smallest absolute Gasteiger partial charge is 0.335 e. The van der Waals surface area contributed by atoms with Crippen LogP contribution in [0.2, 0.25) is 0 Å². The molecule has 0 radical (unpaired) electrons. The van der Waals surface area contributed by atoms with E-state index in [4.69, 9.17) is 9.84 Å². The van der Waals surface area contributed by atoms with Crippen LogP contribution < -0.4 is 10.1 Å². The number of carbonyl (C=O) groups is 1. The second-order valence-electron chi connectivity index (χ2n) is 9.79. The van der Waals surface area contributed by atoms with Crippen molar-refractivity contribution in [2.24, 2.45) is 0 Å². The van der Waals surface area contributed by atoms with Gasteiger partial charge in [0.15, 0.2) is 0 Å². The molecule has 4 aromatic rings. The zero-order valence-corrected chi connectivity index (χ0v) is 22.2. The van der Waals surface area contributed by atoms with Gasteiger partial charge in [-0.2, -0.15) is 5.26 Å². The van der Waals surface area contributed by atoms with Gasteiger partial charge < -0.3 is 20.3 Å². The molecule has 1 atom stereocenters. The molecule has 4 aromatic carbocycles. The Kier molecular flexibility index (Phi) is 9.49. The minimum absolute atomic E-state index is 0. The van der Waals surface area contributed by atoms with Crippen molar-refractivity contribution in [3.63, 3.8) is 0 Å². The number of fused-ring (bicyclic) bond motifs is 1. The number of hydrogen-bond donors (Lipinski definition) is 3. The SMILES string of the molecule is CC(C)(Cc1ccc2ccccc2c1)NCC(O)COc1cc(-c2ccc(C(=O)O)cc2)ccc1C#N.Cl. The lowest BCUT2D eigenvalue weighted by molar-refractivity contribution is 0.0697. The van der Waals surface area contributed by atoms with Gasteiger partial charge in [-0.15, -0.1) is 12.4 Å². The Bertz CT molecular complexity index is 1440. The maximum absolute atomic E-state index is 11.1. The molecule has 0 aromatic heterocycles. The molecule has 38 heavy (non-hydrogen) atoms. The molecule has 0 aliphatic heterocycles. The molecule has 0 bridgehead atoms. The van der Waals surface area contributed by atoms with Crippen LogP contribution in [0.4, 0.5) is 0 Å². The van der Waals surface area contributed by atoms with Gasteiger partial charge in [0.2, 0.25) is 0 Å². The van der Waals surface area contributed by atoms with Crippen LogP contribution in [0, 0.1) is 11.3 Å². The monoisotopic (exact) mass is 530 g/mol. The minimum atomic E-state index is -0.988. The van der Waals surface area contributed by atoms with Crippen LogP contribution in [0.25, 0.3) is 21.9 Å². The van der Waals surface area contributed by atoms with Gasteiger partial charge in [0.05, 0.1) is 11.1 Å². The van der Waals surface area contributed by atoms with E-state index in [0.717, 1.165) is 17.5 Å². The van der Waals surface area contributed by atoms with Crippen LogP contribution >= 0.6 is 12.4 Å². The summed E-state index contributed by atoms with van der Waals surface area (Å²) in [5.41, 5.74) is 3.13. The molecule has 196 valence electrons. The molecule has 0 aliphatic rings. The second-order valence-corrected chi connectivity index (χ2v) is 9.79. The topological polar surface area (TPSA) is 103 Å². The summed E-state index contributed by atoms with van der Waals surface area (Å²) in [5.74, 6) is -0.616. The third-order valence-electron chi connectivity index (χ3n) is 6.27. The van der Waals surface area contributed by atoms with Crippen LogP contribution in [0.3, 0.4) is 0 Å². The molecular weight excluding hydrogens is 500 g/mol. The highest BCUT2D eigenvalue weighted by atomic mass is 35.5. The maximum atomic E-state index is 11.1. The fourth-order valence-corrected chi connectivity index (χ4v) is 4.28. The molecule has 7 heteroatoms. The van der Waals surface area contributed by atoms with Crippen molar-refractivity contribution in [1.82, 2.24) is 5.32 Å². The highest BCUT2D eigenvalue weighted by Gasteiger charge is 2.20. The van der Waals surface area contributed by atoms with Crippen molar-refractivity contribution in [2.75, 3.05) is 13.2 Å². The van der Waals surface area contributed by atoms with E-state index in [1.54, 1.807) is 30.3 Å². The Morgan fingerprint density at radius 1 is 0.974 bits per heavy atom. The standard InChI is InChI=1S/C31H30N2O4.ClH/c1-31(2,17-21-7-8-22-5-3-4-6-25(22)15-21)33-19-28(34)20-37-29-16-26(13-14-27(29)18-32)23-9-11-24(12-10-23)30(35)36;/h3-16,28,33-34H,17,19-20H2,1-2H3,(H,35,36);1H. The van der Waals surface area contributed by atoms with Gasteiger partial charge in [-0.25, -0.2) is 4.79 Å². The first-order valence-electron chi connectivity index (χ1n) is 12.2. The third kappa shape index (κ3) is 7.33. The van der Waals surface area contributed by atoms with Crippen LogP contribution in [0.5, 0.6) is 5.75 Å². The number of aliphatic hydroxyl groups is 1. The molecule has 6 nitrogen and oxygen atoms in total. The van der Waals surface area contributed by atoms with E-state index in [1.165, 1.54) is 28.5 Å². The Morgan fingerprint density at radius 2 is 1.66 bits per heavy atom. The number of halogens is 1. The molecule has 1 unspecified atom stereocenters. The lowest BCUT2D eigenvalue weighted by Gasteiger charge is -2.28. The van der Waals surface area contributed by atoms with Gasteiger partial charge in [0, 0.05) is 12.1 Å². The van der Waals surface area contributed by atoms with Gasteiger partial charge in [-0.1, -0.05) is 60.7 Å². The first-order chi connectivity index (χ1) is 17.7. The molecule has 0 amide bonds. The van der Waals surface area contributed by atoms with E-state index in [9.17, 15) is 15.2 Å². The van der Waals surface area contributed by atoms with Crippen molar-refractivity contribution < 1.29 is 19.7 Å². The predicted octanol–water partition coefficient (Wildman–Crippen LogP) is 5.85. The fourth-order valence-electron chi connectivity index (χ4n) is 4.28. The molecule has 3 N–H and O–H groups in total. The highest BCUT2D eigenvalue weighted by Crippen LogP contribution is 2.28. The van der Waals surface area contributed by atoms with E-state index >= 15 is 0 Å².